The van der Waals surface area contributed by atoms with Crippen LogP contribution >= 0.6 is 0 Å². The maximum absolute atomic E-state index is 15.0. The first-order valence-electron chi connectivity index (χ1n) is 12.3. The quantitative estimate of drug-likeness (QED) is 0.257. The van der Waals surface area contributed by atoms with Crippen LogP contribution in [0.1, 0.15) is 30.2 Å². The maximum Gasteiger partial charge on any atom is 0.261 e. The van der Waals surface area contributed by atoms with Crippen molar-refractivity contribution >= 4 is 22.6 Å². The van der Waals surface area contributed by atoms with E-state index in [0.717, 1.165) is 6.07 Å². The molecule has 0 saturated carbocycles. The number of anilines is 1. The second-order valence-corrected chi connectivity index (χ2v) is 9.22. The summed E-state index contributed by atoms with van der Waals surface area (Å²) in [5.41, 5.74) is 1.10. The minimum Gasteiger partial charge on any atom is -0.495 e. The van der Waals surface area contributed by atoms with Gasteiger partial charge in [-0.15, -0.1) is 0 Å². The van der Waals surface area contributed by atoms with Crippen LogP contribution in [0.4, 0.5) is 14.5 Å². The summed E-state index contributed by atoms with van der Waals surface area (Å²) in [4.78, 5) is 34.9. The lowest BCUT2D eigenvalue weighted by molar-refractivity contribution is 0.102. The van der Waals surface area contributed by atoms with Gasteiger partial charge in [0.2, 0.25) is 5.43 Å². The molecule has 5 aromatic rings. The lowest BCUT2D eigenvalue weighted by atomic mass is 10.0. The maximum atomic E-state index is 15.0. The van der Waals surface area contributed by atoms with Gasteiger partial charge in [0.05, 0.1) is 18.8 Å². The molecule has 5 rings (SSSR count). The number of ether oxygens (including phenoxy) is 2. The molecule has 0 aliphatic carbocycles. The van der Waals surface area contributed by atoms with Crippen molar-refractivity contribution in [2.24, 2.45) is 0 Å². The summed E-state index contributed by atoms with van der Waals surface area (Å²) in [6.07, 6.45) is 6.08. The smallest absolute Gasteiger partial charge is 0.261 e. The first-order valence-corrected chi connectivity index (χ1v) is 12.3. The zero-order valence-electron chi connectivity index (χ0n) is 21.8. The highest BCUT2D eigenvalue weighted by Gasteiger charge is 2.18. The molecule has 3 heterocycles. The van der Waals surface area contributed by atoms with E-state index in [2.05, 4.69) is 15.3 Å². The molecule has 0 atom stereocenters. The molecule has 202 valence electrons. The molecular formula is C30H24F2N4O4. The zero-order valence-corrected chi connectivity index (χ0v) is 21.8. The predicted octanol–water partition coefficient (Wildman–Crippen LogP) is 6.37. The van der Waals surface area contributed by atoms with E-state index in [1.165, 1.54) is 62.1 Å². The Kier molecular flexibility index (Phi) is 7.24. The summed E-state index contributed by atoms with van der Waals surface area (Å²) in [5, 5.41) is 2.58. The summed E-state index contributed by atoms with van der Waals surface area (Å²) in [6, 6.07) is 12.5. The van der Waals surface area contributed by atoms with E-state index in [1.54, 1.807) is 22.9 Å². The molecule has 1 amide bonds. The van der Waals surface area contributed by atoms with Crippen LogP contribution in [0.2, 0.25) is 0 Å². The van der Waals surface area contributed by atoms with Gasteiger partial charge in [0.25, 0.3) is 5.91 Å². The Hall–Kier alpha value is -5.12. The fourth-order valence-electron chi connectivity index (χ4n) is 4.05. The van der Waals surface area contributed by atoms with Crippen LogP contribution in [-0.4, -0.2) is 27.6 Å². The molecule has 0 saturated heterocycles. The van der Waals surface area contributed by atoms with E-state index in [1.807, 2.05) is 13.8 Å². The van der Waals surface area contributed by atoms with Crippen LogP contribution in [0, 0.1) is 11.6 Å². The number of nitrogens with one attached hydrogen (secondary N) is 1. The Morgan fingerprint density at radius 2 is 1.75 bits per heavy atom. The number of benzene rings is 2. The van der Waals surface area contributed by atoms with Crippen LogP contribution in [0.25, 0.3) is 22.2 Å². The number of amides is 1. The number of rotatable bonds is 7. The number of hydrogen-bond acceptors (Lipinski definition) is 6. The monoisotopic (exact) mass is 542 g/mol. The summed E-state index contributed by atoms with van der Waals surface area (Å²) in [5.74, 6) is -1.18. The number of hydrogen-bond donors (Lipinski definition) is 1. The van der Waals surface area contributed by atoms with Gasteiger partial charge in [-0.3, -0.25) is 14.6 Å². The molecule has 8 nitrogen and oxygen atoms in total. The molecule has 0 bridgehead atoms. The molecule has 0 radical (unpaired) electrons. The minimum absolute atomic E-state index is 0.0694. The van der Waals surface area contributed by atoms with Crippen LogP contribution in [-0.2, 0) is 0 Å². The number of nitrogens with zero attached hydrogens (tertiary/aromatic N) is 3. The Labute approximate surface area is 227 Å². The van der Waals surface area contributed by atoms with E-state index in [0.29, 0.717) is 22.3 Å². The van der Waals surface area contributed by atoms with Crippen LogP contribution < -0.4 is 20.2 Å². The van der Waals surface area contributed by atoms with Gasteiger partial charge in [0, 0.05) is 54.1 Å². The third kappa shape index (κ3) is 5.37. The van der Waals surface area contributed by atoms with Crippen molar-refractivity contribution in [2.75, 3.05) is 12.4 Å². The summed E-state index contributed by atoms with van der Waals surface area (Å²) >= 11 is 0. The number of halogens is 2. The normalized spacial score (nSPS) is 11.1. The Bertz CT molecular complexity index is 1790. The third-order valence-corrected chi connectivity index (χ3v) is 6.20. The lowest BCUT2D eigenvalue weighted by Gasteiger charge is -2.15. The van der Waals surface area contributed by atoms with E-state index < -0.39 is 23.0 Å². The van der Waals surface area contributed by atoms with Gasteiger partial charge in [-0.25, -0.2) is 13.8 Å². The fraction of sp³-hybridized carbons (Fsp3) is 0.133. The number of fused-ring (bicyclic) bond motifs is 1. The molecule has 0 unspecified atom stereocenters. The number of methoxy groups -OCH3 is 1. The van der Waals surface area contributed by atoms with Crippen molar-refractivity contribution in [3.8, 4) is 28.4 Å². The summed E-state index contributed by atoms with van der Waals surface area (Å²) in [7, 11) is 1.51. The molecule has 0 aliphatic rings. The first kappa shape index (κ1) is 26.5. The van der Waals surface area contributed by atoms with E-state index >= 15 is 4.39 Å². The van der Waals surface area contributed by atoms with E-state index in [-0.39, 0.29) is 34.4 Å². The Morgan fingerprint density at radius 3 is 2.45 bits per heavy atom. The van der Waals surface area contributed by atoms with Gasteiger partial charge < -0.3 is 19.4 Å². The van der Waals surface area contributed by atoms with Crippen molar-refractivity contribution in [1.29, 1.82) is 0 Å². The van der Waals surface area contributed by atoms with Gasteiger partial charge in [-0.05, 0) is 43.7 Å². The van der Waals surface area contributed by atoms with Crippen molar-refractivity contribution in [3.05, 3.63) is 107 Å². The molecule has 0 fully saturated rings. The van der Waals surface area contributed by atoms with E-state index in [9.17, 15) is 14.0 Å². The summed E-state index contributed by atoms with van der Waals surface area (Å²) in [6.45, 7) is 3.79. The highest BCUT2D eigenvalue weighted by molar-refractivity contribution is 6.04. The SMILES string of the molecule is COc1cnc2c(Oc3ccc(NC(=O)c4cn(C(C)C)cc(-c5ccc(F)cc5)c4=O)cc3F)ccnc2c1. The van der Waals surface area contributed by atoms with Crippen LogP contribution in [0.5, 0.6) is 17.2 Å². The molecule has 2 aromatic carbocycles. The highest BCUT2D eigenvalue weighted by atomic mass is 19.1. The molecule has 40 heavy (non-hydrogen) atoms. The number of carbonyl (C=O) groups excluding carboxylic acids is 1. The van der Waals surface area contributed by atoms with Gasteiger partial charge in [-0.1, -0.05) is 12.1 Å². The minimum atomic E-state index is -0.740. The van der Waals surface area contributed by atoms with Gasteiger partial charge in [-0.2, -0.15) is 0 Å². The lowest BCUT2D eigenvalue weighted by Crippen LogP contribution is -2.25. The van der Waals surface area contributed by atoms with Gasteiger partial charge >= 0.3 is 0 Å². The number of aromatic nitrogens is 3. The van der Waals surface area contributed by atoms with E-state index in [4.69, 9.17) is 9.47 Å². The molecule has 3 aromatic heterocycles. The highest BCUT2D eigenvalue weighted by Crippen LogP contribution is 2.31. The predicted molar refractivity (Wildman–Crippen MR) is 147 cm³/mol. The topological polar surface area (TPSA) is 95.3 Å². The Balaban J connectivity index is 1.42. The molecule has 0 aliphatic heterocycles. The van der Waals surface area contributed by atoms with Crippen LogP contribution in [0.3, 0.4) is 0 Å². The second kappa shape index (κ2) is 10.9. The molecule has 10 heteroatoms. The third-order valence-electron chi connectivity index (χ3n) is 6.20. The molecular weight excluding hydrogens is 518 g/mol. The first-order chi connectivity index (χ1) is 19.2. The number of carbonyl (C=O) groups is 1. The number of pyridine rings is 3. The average Bonchev–Trinajstić information content (AvgIpc) is 2.94. The molecule has 1 N–H and O–H groups in total. The Morgan fingerprint density at radius 1 is 0.975 bits per heavy atom. The standard InChI is InChI=1S/C30H24F2N4O4/c1-17(2)36-15-22(18-4-6-19(31)7-5-18)29(37)23(16-36)30(38)35-20-8-9-26(24(32)12-20)40-27-10-11-33-25-13-21(39-3)14-34-28(25)27/h4-17H,1-3H3,(H,35,38). The van der Waals surface area contributed by atoms with Crippen LogP contribution in [0.15, 0.2) is 84.2 Å². The van der Waals surface area contributed by atoms with Crippen molar-refractivity contribution in [3.63, 3.8) is 0 Å². The molecule has 0 spiro atoms. The van der Waals surface area contributed by atoms with Crippen molar-refractivity contribution < 1.29 is 23.0 Å². The second-order valence-electron chi connectivity index (χ2n) is 9.22. The van der Waals surface area contributed by atoms with Gasteiger partial charge in [0.1, 0.15) is 22.6 Å². The van der Waals surface area contributed by atoms with Crippen molar-refractivity contribution in [2.45, 2.75) is 19.9 Å². The van der Waals surface area contributed by atoms with Crippen molar-refractivity contribution in [1.82, 2.24) is 14.5 Å². The fourth-order valence-corrected chi connectivity index (χ4v) is 4.05. The summed E-state index contributed by atoms with van der Waals surface area (Å²) < 4.78 is 41.1. The van der Waals surface area contributed by atoms with Gasteiger partial charge in [0.15, 0.2) is 17.3 Å². The zero-order chi connectivity index (χ0) is 28.4. The largest absolute Gasteiger partial charge is 0.495 e. The average molecular weight is 543 g/mol.